The lowest BCUT2D eigenvalue weighted by Crippen LogP contribution is -2.33. The number of amides is 1. The number of nitrogens with zero attached hydrogens (tertiary/aromatic N) is 2. The number of pyridine rings is 1. The molecule has 1 aliphatic rings. The minimum atomic E-state index is 0. The first kappa shape index (κ1) is 22.0. The highest BCUT2D eigenvalue weighted by Crippen LogP contribution is 2.21. The van der Waals surface area contributed by atoms with Gasteiger partial charge in [-0.25, -0.2) is 4.98 Å². The van der Waals surface area contributed by atoms with E-state index in [4.69, 9.17) is 5.73 Å². The van der Waals surface area contributed by atoms with Gasteiger partial charge < -0.3 is 16.0 Å². The SMILES string of the molecule is CC1CCN(c2ccc(CNC(=O)CCCN)cn2)CC1.Cl.Cl. The minimum absolute atomic E-state index is 0. The van der Waals surface area contributed by atoms with Crippen LogP contribution in [0.3, 0.4) is 0 Å². The molecule has 132 valence electrons. The van der Waals surface area contributed by atoms with Gasteiger partial charge in [-0.1, -0.05) is 13.0 Å². The topological polar surface area (TPSA) is 71.2 Å². The van der Waals surface area contributed by atoms with Gasteiger partial charge in [0.25, 0.3) is 0 Å². The number of nitrogens with two attached hydrogens (primary N) is 1. The molecule has 1 saturated heterocycles. The van der Waals surface area contributed by atoms with Gasteiger partial charge in [-0.15, -0.1) is 24.8 Å². The first-order valence-corrected chi connectivity index (χ1v) is 7.85. The predicted molar refractivity (Wildman–Crippen MR) is 99.5 cm³/mol. The van der Waals surface area contributed by atoms with E-state index in [1.54, 1.807) is 0 Å². The fraction of sp³-hybridized carbons (Fsp3) is 0.625. The van der Waals surface area contributed by atoms with Crippen LogP contribution in [0.4, 0.5) is 5.82 Å². The first-order valence-electron chi connectivity index (χ1n) is 7.85. The van der Waals surface area contributed by atoms with Crippen molar-refractivity contribution in [3.8, 4) is 0 Å². The van der Waals surface area contributed by atoms with Crippen molar-refractivity contribution in [3.05, 3.63) is 23.9 Å². The van der Waals surface area contributed by atoms with Crippen LogP contribution in [0.1, 0.15) is 38.2 Å². The van der Waals surface area contributed by atoms with E-state index in [9.17, 15) is 4.79 Å². The smallest absolute Gasteiger partial charge is 0.220 e. The van der Waals surface area contributed by atoms with E-state index in [1.807, 2.05) is 12.3 Å². The molecular weight excluding hydrogens is 335 g/mol. The van der Waals surface area contributed by atoms with Crippen molar-refractivity contribution < 1.29 is 4.79 Å². The Kier molecular flexibility index (Phi) is 11.0. The van der Waals surface area contributed by atoms with Gasteiger partial charge in [-0.05, 0) is 43.4 Å². The van der Waals surface area contributed by atoms with Crippen LogP contribution in [0.5, 0.6) is 0 Å². The molecule has 0 bridgehead atoms. The van der Waals surface area contributed by atoms with E-state index in [1.165, 1.54) is 12.8 Å². The molecule has 7 heteroatoms. The maximum Gasteiger partial charge on any atom is 0.220 e. The Hall–Kier alpha value is -1.04. The molecule has 0 aliphatic carbocycles. The Bertz CT molecular complexity index is 448. The summed E-state index contributed by atoms with van der Waals surface area (Å²) in [5.41, 5.74) is 6.42. The highest BCUT2D eigenvalue weighted by molar-refractivity contribution is 5.85. The van der Waals surface area contributed by atoms with Crippen molar-refractivity contribution in [2.75, 3.05) is 24.5 Å². The highest BCUT2D eigenvalue weighted by Gasteiger charge is 2.16. The summed E-state index contributed by atoms with van der Waals surface area (Å²) in [6.45, 7) is 5.57. The average molecular weight is 363 g/mol. The van der Waals surface area contributed by atoms with Crippen LogP contribution in [-0.4, -0.2) is 30.5 Å². The highest BCUT2D eigenvalue weighted by atomic mass is 35.5. The van der Waals surface area contributed by atoms with Gasteiger partial charge in [-0.3, -0.25) is 4.79 Å². The number of rotatable bonds is 6. The molecule has 2 heterocycles. The summed E-state index contributed by atoms with van der Waals surface area (Å²) in [7, 11) is 0. The number of carbonyl (C=O) groups is 1. The Labute approximate surface area is 151 Å². The predicted octanol–water partition coefficient (Wildman–Crippen LogP) is 2.52. The summed E-state index contributed by atoms with van der Waals surface area (Å²) in [6, 6.07) is 4.10. The van der Waals surface area contributed by atoms with Crippen LogP contribution in [0.25, 0.3) is 0 Å². The fourth-order valence-electron chi connectivity index (χ4n) is 2.50. The molecule has 1 aromatic rings. The van der Waals surface area contributed by atoms with Crippen molar-refractivity contribution in [2.45, 2.75) is 39.2 Å². The largest absolute Gasteiger partial charge is 0.357 e. The summed E-state index contributed by atoms with van der Waals surface area (Å²) >= 11 is 0. The van der Waals surface area contributed by atoms with Gasteiger partial charge in [0, 0.05) is 32.3 Å². The van der Waals surface area contributed by atoms with Gasteiger partial charge in [0.2, 0.25) is 5.91 Å². The molecule has 0 radical (unpaired) electrons. The number of halogens is 2. The zero-order valence-corrected chi connectivity index (χ0v) is 15.3. The van der Waals surface area contributed by atoms with E-state index in [-0.39, 0.29) is 30.7 Å². The van der Waals surface area contributed by atoms with Crippen molar-refractivity contribution in [1.29, 1.82) is 0 Å². The standard InChI is InChI=1S/C16H26N4O.2ClH/c1-13-6-9-20(10-7-13)15-5-4-14(11-18-15)12-19-16(21)3-2-8-17;;/h4-5,11,13H,2-3,6-10,12,17H2,1H3,(H,19,21);2*1H. The second kappa shape index (κ2) is 11.5. The number of aromatic nitrogens is 1. The molecule has 0 spiro atoms. The molecule has 2 rings (SSSR count). The van der Waals surface area contributed by atoms with Gasteiger partial charge in [0.05, 0.1) is 0 Å². The summed E-state index contributed by atoms with van der Waals surface area (Å²) in [5, 5.41) is 2.89. The van der Waals surface area contributed by atoms with E-state index in [0.29, 0.717) is 19.5 Å². The van der Waals surface area contributed by atoms with Gasteiger partial charge in [0.1, 0.15) is 5.82 Å². The van der Waals surface area contributed by atoms with E-state index in [2.05, 4.69) is 28.2 Å². The van der Waals surface area contributed by atoms with E-state index < -0.39 is 0 Å². The van der Waals surface area contributed by atoms with Gasteiger partial charge >= 0.3 is 0 Å². The normalized spacial score (nSPS) is 14.6. The number of piperidine rings is 1. The molecule has 1 amide bonds. The van der Waals surface area contributed by atoms with Crippen LogP contribution in [0.2, 0.25) is 0 Å². The Balaban J connectivity index is 0.00000242. The van der Waals surface area contributed by atoms with E-state index >= 15 is 0 Å². The lowest BCUT2D eigenvalue weighted by Gasteiger charge is -2.31. The number of anilines is 1. The van der Waals surface area contributed by atoms with Gasteiger partial charge in [-0.2, -0.15) is 0 Å². The third-order valence-electron chi connectivity index (χ3n) is 4.01. The third-order valence-corrected chi connectivity index (χ3v) is 4.01. The molecule has 1 aromatic heterocycles. The van der Waals surface area contributed by atoms with Crippen LogP contribution in [0.15, 0.2) is 18.3 Å². The second-order valence-electron chi connectivity index (χ2n) is 5.86. The molecule has 0 aromatic carbocycles. The van der Waals surface area contributed by atoms with Crippen molar-refractivity contribution in [1.82, 2.24) is 10.3 Å². The molecule has 0 unspecified atom stereocenters. The number of carbonyl (C=O) groups excluding carboxylic acids is 1. The molecule has 1 aliphatic heterocycles. The summed E-state index contributed by atoms with van der Waals surface area (Å²) in [5.74, 6) is 1.92. The quantitative estimate of drug-likeness (QED) is 0.815. The van der Waals surface area contributed by atoms with Crippen molar-refractivity contribution >= 4 is 36.5 Å². The zero-order valence-electron chi connectivity index (χ0n) is 13.7. The lowest BCUT2D eigenvalue weighted by atomic mass is 9.99. The number of hydrogen-bond acceptors (Lipinski definition) is 4. The molecule has 1 fully saturated rings. The van der Waals surface area contributed by atoms with Crippen LogP contribution in [0, 0.1) is 5.92 Å². The first-order chi connectivity index (χ1) is 10.2. The summed E-state index contributed by atoms with van der Waals surface area (Å²) < 4.78 is 0. The van der Waals surface area contributed by atoms with Crippen molar-refractivity contribution in [3.63, 3.8) is 0 Å². The van der Waals surface area contributed by atoms with E-state index in [0.717, 1.165) is 36.8 Å². The van der Waals surface area contributed by atoms with Crippen molar-refractivity contribution in [2.24, 2.45) is 11.7 Å². The molecular formula is C16H28Cl2N4O. The average Bonchev–Trinajstić information content (AvgIpc) is 2.52. The zero-order chi connectivity index (χ0) is 15.1. The van der Waals surface area contributed by atoms with Gasteiger partial charge in [0.15, 0.2) is 0 Å². The fourth-order valence-corrected chi connectivity index (χ4v) is 2.50. The minimum Gasteiger partial charge on any atom is -0.357 e. The maximum atomic E-state index is 11.5. The summed E-state index contributed by atoms with van der Waals surface area (Å²) in [4.78, 5) is 18.4. The number of nitrogens with one attached hydrogen (secondary N) is 1. The molecule has 5 nitrogen and oxygen atoms in total. The summed E-state index contributed by atoms with van der Waals surface area (Å²) in [6.07, 6.45) is 5.56. The lowest BCUT2D eigenvalue weighted by molar-refractivity contribution is -0.121. The molecule has 0 saturated carbocycles. The monoisotopic (exact) mass is 362 g/mol. The van der Waals surface area contributed by atoms with Crippen LogP contribution < -0.4 is 16.0 Å². The molecule has 23 heavy (non-hydrogen) atoms. The van der Waals surface area contributed by atoms with Crippen LogP contribution >= 0.6 is 24.8 Å². The third kappa shape index (κ3) is 7.38. The Morgan fingerprint density at radius 1 is 1.35 bits per heavy atom. The van der Waals surface area contributed by atoms with Crippen LogP contribution in [-0.2, 0) is 11.3 Å². The Morgan fingerprint density at radius 2 is 2.04 bits per heavy atom. The maximum absolute atomic E-state index is 11.5. The second-order valence-corrected chi connectivity index (χ2v) is 5.86. The Morgan fingerprint density at radius 3 is 2.61 bits per heavy atom. The molecule has 0 atom stereocenters. The molecule has 3 N–H and O–H groups in total. The number of hydrogen-bond donors (Lipinski definition) is 2.